The minimum absolute atomic E-state index is 0.161. The second kappa shape index (κ2) is 7.46. The fraction of sp³-hybridized carbons (Fsp3) is 0.500. The number of likely N-dealkylation sites (tertiary alicyclic amines) is 1. The molecule has 2 aromatic heterocycles. The van der Waals surface area contributed by atoms with E-state index in [1.54, 1.807) is 0 Å². The van der Waals surface area contributed by atoms with Crippen LogP contribution < -0.4 is 0 Å². The van der Waals surface area contributed by atoms with E-state index in [0.29, 0.717) is 22.9 Å². The second-order valence-electron chi connectivity index (χ2n) is 7.60. The van der Waals surface area contributed by atoms with E-state index in [-0.39, 0.29) is 5.91 Å². The Balaban J connectivity index is 1.53. The van der Waals surface area contributed by atoms with E-state index in [1.165, 1.54) is 23.7 Å². The normalized spacial score (nSPS) is 17.9. The van der Waals surface area contributed by atoms with Crippen LogP contribution in [0.1, 0.15) is 51.5 Å². The van der Waals surface area contributed by atoms with Crippen molar-refractivity contribution in [1.29, 1.82) is 0 Å². The average Bonchev–Trinajstić information content (AvgIpc) is 3.03. The zero-order valence-electron chi connectivity index (χ0n) is 16.0. The van der Waals surface area contributed by atoms with Crippen molar-refractivity contribution in [1.82, 2.24) is 25.1 Å². The highest BCUT2D eigenvalue weighted by atomic mass is 32.2. The summed E-state index contributed by atoms with van der Waals surface area (Å²) in [7, 11) is 0. The lowest BCUT2D eigenvalue weighted by atomic mass is 10.0. The van der Waals surface area contributed by atoms with Crippen molar-refractivity contribution in [3.05, 3.63) is 23.8 Å². The minimum atomic E-state index is 0.161. The zero-order chi connectivity index (χ0) is 19.0. The van der Waals surface area contributed by atoms with E-state index in [2.05, 4.69) is 59.1 Å². The van der Waals surface area contributed by atoms with Gasteiger partial charge in [-0.15, -0.1) is 10.2 Å². The molecule has 1 fully saturated rings. The highest BCUT2D eigenvalue weighted by Gasteiger charge is 2.23. The summed E-state index contributed by atoms with van der Waals surface area (Å²) in [5, 5.41) is 10.2. The molecule has 1 aromatic carbocycles. The molecule has 0 radical (unpaired) electrons. The molecule has 6 nitrogen and oxygen atoms in total. The lowest BCUT2D eigenvalue weighted by Crippen LogP contribution is -2.42. The van der Waals surface area contributed by atoms with Crippen molar-refractivity contribution in [2.75, 3.05) is 12.3 Å². The smallest absolute Gasteiger partial charge is 0.233 e. The Labute approximate surface area is 163 Å². The molecule has 0 bridgehead atoms. The van der Waals surface area contributed by atoms with E-state index in [9.17, 15) is 4.79 Å². The molecule has 3 heterocycles. The number of fused-ring (bicyclic) bond motifs is 3. The number of amides is 1. The van der Waals surface area contributed by atoms with Crippen LogP contribution in [0.2, 0.25) is 0 Å². The van der Waals surface area contributed by atoms with Gasteiger partial charge in [0.2, 0.25) is 11.1 Å². The van der Waals surface area contributed by atoms with Gasteiger partial charge in [-0.25, -0.2) is 4.98 Å². The Morgan fingerprint density at radius 2 is 2.19 bits per heavy atom. The third kappa shape index (κ3) is 3.65. The first-order valence-corrected chi connectivity index (χ1v) is 10.6. The molecule has 1 amide bonds. The van der Waals surface area contributed by atoms with E-state index < -0.39 is 0 Å². The number of aromatic nitrogens is 4. The van der Waals surface area contributed by atoms with Gasteiger partial charge in [0.1, 0.15) is 5.52 Å². The van der Waals surface area contributed by atoms with Crippen molar-refractivity contribution in [3.63, 3.8) is 0 Å². The van der Waals surface area contributed by atoms with E-state index in [4.69, 9.17) is 0 Å². The largest absolute Gasteiger partial charge is 0.339 e. The second-order valence-corrected chi connectivity index (χ2v) is 8.54. The van der Waals surface area contributed by atoms with Gasteiger partial charge in [-0.1, -0.05) is 31.7 Å². The summed E-state index contributed by atoms with van der Waals surface area (Å²) >= 11 is 1.36. The molecular weight excluding hydrogens is 358 g/mol. The van der Waals surface area contributed by atoms with Crippen molar-refractivity contribution in [2.45, 2.75) is 57.1 Å². The van der Waals surface area contributed by atoms with Crippen LogP contribution in [0.4, 0.5) is 0 Å². The van der Waals surface area contributed by atoms with Gasteiger partial charge in [0.15, 0.2) is 5.65 Å². The molecule has 142 valence electrons. The summed E-state index contributed by atoms with van der Waals surface area (Å²) in [6, 6.07) is 6.69. The quantitative estimate of drug-likeness (QED) is 0.686. The number of hydrogen-bond acceptors (Lipinski definition) is 5. The van der Waals surface area contributed by atoms with Crippen LogP contribution in [0.3, 0.4) is 0 Å². The predicted octanol–water partition coefficient (Wildman–Crippen LogP) is 4.12. The molecule has 3 aromatic rings. The van der Waals surface area contributed by atoms with Crippen LogP contribution >= 0.6 is 11.8 Å². The monoisotopic (exact) mass is 383 g/mol. The number of H-pyrrole nitrogens is 1. The van der Waals surface area contributed by atoms with Gasteiger partial charge in [0.25, 0.3) is 0 Å². The number of thioether (sulfide) groups is 1. The fourth-order valence-electron chi connectivity index (χ4n) is 3.67. The lowest BCUT2D eigenvalue weighted by molar-refractivity contribution is -0.131. The molecule has 1 N–H and O–H groups in total. The molecule has 7 heteroatoms. The first-order valence-electron chi connectivity index (χ1n) is 9.61. The Morgan fingerprint density at radius 3 is 2.96 bits per heavy atom. The van der Waals surface area contributed by atoms with Gasteiger partial charge in [0.05, 0.1) is 5.75 Å². The fourth-order valence-corrected chi connectivity index (χ4v) is 4.34. The number of piperidine rings is 1. The number of carbonyl (C=O) groups excluding carboxylic acids is 1. The standard InChI is InChI=1S/C20H25N5OS/c1-12(2)14-7-8-16-15(10-14)18-19(21-16)22-20(24-23-18)27-11-17(26)25-9-5-4-6-13(25)3/h7-8,10,12-13H,4-6,9,11H2,1-3H3,(H,21,22,24)/t13-/m0/s1. The number of rotatable bonds is 4. The van der Waals surface area contributed by atoms with Gasteiger partial charge in [-0.05, 0) is 49.8 Å². The molecule has 1 atom stereocenters. The average molecular weight is 384 g/mol. The molecule has 1 aliphatic rings. The van der Waals surface area contributed by atoms with Gasteiger partial charge in [-0.3, -0.25) is 4.79 Å². The number of aromatic amines is 1. The summed E-state index contributed by atoms with van der Waals surface area (Å²) in [5.41, 5.74) is 3.79. The molecule has 27 heavy (non-hydrogen) atoms. The zero-order valence-corrected chi connectivity index (χ0v) is 16.8. The number of hydrogen-bond donors (Lipinski definition) is 1. The van der Waals surface area contributed by atoms with Crippen molar-refractivity contribution in [2.24, 2.45) is 0 Å². The summed E-state index contributed by atoms with van der Waals surface area (Å²) < 4.78 is 0. The van der Waals surface area contributed by atoms with Crippen LogP contribution in [-0.4, -0.2) is 49.3 Å². The van der Waals surface area contributed by atoms with E-state index in [0.717, 1.165) is 41.5 Å². The van der Waals surface area contributed by atoms with Gasteiger partial charge >= 0.3 is 0 Å². The lowest BCUT2D eigenvalue weighted by Gasteiger charge is -2.33. The number of nitrogens with one attached hydrogen (secondary N) is 1. The third-order valence-corrected chi connectivity index (χ3v) is 6.16. The minimum Gasteiger partial charge on any atom is -0.339 e. The molecule has 4 rings (SSSR count). The summed E-state index contributed by atoms with van der Waals surface area (Å²) in [6.45, 7) is 7.34. The molecule has 0 aliphatic carbocycles. The van der Waals surface area contributed by atoms with Crippen LogP contribution in [-0.2, 0) is 4.79 Å². The molecular formula is C20H25N5OS. The highest BCUT2D eigenvalue weighted by Crippen LogP contribution is 2.27. The Morgan fingerprint density at radius 1 is 1.33 bits per heavy atom. The molecule has 1 aliphatic heterocycles. The number of nitrogens with zero attached hydrogens (tertiary/aromatic N) is 4. The number of benzene rings is 1. The van der Waals surface area contributed by atoms with Crippen LogP contribution in [0.5, 0.6) is 0 Å². The topological polar surface area (TPSA) is 74.8 Å². The van der Waals surface area contributed by atoms with Crippen molar-refractivity contribution < 1.29 is 4.79 Å². The third-order valence-electron chi connectivity index (χ3n) is 5.33. The Bertz CT molecular complexity index is 983. The maximum atomic E-state index is 12.5. The summed E-state index contributed by atoms with van der Waals surface area (Å²) in [5.74, 6) is 0.974. The maximum Gasteiger partial charge on any atom is 0.233 e. The van der Waals surface area contributed by atoms with Crippen LogP contribution in [0, 0.1) is 0 Å². The Kier molecular flexibility index (Phi) is 5.04. The molecule has 0 spiro atoms. The molecule has 0 saturated carbocycles. The van der Waals surface area contributed by atoms with Crippen LogP contribution in [0.25, 0.3) is 22.1 Å². The van der Waals surface area contributed by atoms with Crippen molar-refractivity contribution in [3.8, 4) is 0 Å². The van der Waals surface area contributed by atoms with Gasteiger partial charge in [0, 0.05) is 23.5 Å². The SMILES string of the molecule is CC(C)c1ccc2[nH]c3nc(SCC(=O)N4CCCC[C@@H]4C)nnc3c2c1. The highest BCUT2D eigenvalue weighted by molar-refractivity contribution is 7.99. The molecule has 0 unspecified atom stereocenters. The van der Waals surface area contributed by atoms with E-state index in [1.807, 2.05) is 4.90 Å². The Hall–Kier alpha value is -2.15. The van der Waals surface area contributed by atoms with Crippen molar-refractivity contribution >= 4 is 39.7 Å². The number of carbonyl (C=O) groups is 1. The maximum absolute atomic E-state index is 12.5. The van der Waals surface area contributed by atoms with Gasteiger partial charge < -0.3 is 9.88 Å². The van der Waals surface area contributed by atoms with Crippen LogP contribution in [0.15, 0.2) is 23.4 Å². The summed E-state index contributed by atoms with van der Waals surface area (Å²) in [6.07, 6.45) is 3.40. The predicted molar refractivity (Wildman–Crippen MR) is 109 cm³/mol. The summed E-state index contributed by atoms with van der Waals surface area (Å²) in [4.78, 5) is 22.4. The molecule has 1 saturated heterocycles. The first-order chi connectivity index (χ1) is 13.0. The van der Waals surface area contributed by atoms with Gasteiger partial charge in [-0.2, -0.15) is 0 Å². The van der Waals surface area contributed by atoms with E-state index >= 15 is 0 Å². The first kappa shape index (κ1) is 18.2.